The number of amides is 1. The van der Waals surface area contributed by atoms with E-state index in [9.17, 15) is 9.18 Å². The first kappa shape index (κ1) is 17.9. The van der Waals surface area contributed by atoms with Crippen molar-refractivity contribution in [3.63, 3.8) is 0 Å². The molecule has 0 fully saturated rings. The Morgan fingerprint density at radius 2 is 1.89 bits per heavy atom. The summed E-state index contributed by atoms with van der Waals surface area (Å²) in [6, 6.07) is 14.3. The number of aryl methyl sites for hydroxylation is 1. The van der Waals surface area contributed by atoms with E-state index in [0.717, 1.165) is 11.9 Å². The maximum atomic E-state index is 13.8. The summed E-state index contributed by atoms with van der Waals surface area (Å²) in [4.78, 5) is 15.3. The summed E-state index contributed by atoms with van der Waals surface area (Å²) in [6.45, 7) is 0.547. The fraction of sp³-hybridized carbons (Fsp3) is 0.190. The summed E-state index contributed by atoms with van der Waals surface area (Å²) in [7, 11) is 0. The van der Waals surface area contributed by atoms with Gasteiger partial charge in [-0.05, 0) is 30.2 Å². The first-order valence-electron chi connectivity index (χ1n) is 9.09. The lowest BCUT2D eigenvalue weighted by Gasteiger charge is -2.04. The first-order chi connectivity index (χ1) is 13.7. The molecule has 4 rings (SSSR count). The number of H-pyrrole nitrogens is 1. The Bertz CT molecular complexity index is 1100. The lowest BCUT2D eigenvalue weighted by atomic mass is 10.1. The monoisotopic (exact) mass is 378 g/mol. The number of hydrogen-bond donors (Lipinski definition) is 2. The van der Waals surface area contributed by atoms with Crippen LogP contribution in [0.15, 0.2) is 59.1 Å². The Balaban J connectivity index is 1.26. The molecule has 0 radical (unpaired) electrons. The number of benzene rings is 2. The minimum Gasteiger partial charge on any atom is -0.421 e. The molecular weight excluding hydrogens is 359 g/mol. The minimum absolute atomic E-state index is 0.0921. The van der Waals surface area contributed by atoms with Gasteiger partial charge in [0, 0.05) is 36.5 Å². The number of halogens is 1. The molecule has 0 saturated carbocycles. The molecule has 0 saturated heterocycles. The highest BCUT2D eigenvalue weighted by Gasteiger charge is 2.13. The van der Waals surface area contributed by atoms with Gasteiger partial charge >= 0.3 is 0 Å². The molecule has 0 unspecified atom stereocenters. The van der Waals surface area contributed by atoms with Crippen molar-refractivity contribution in [2.75, 3.05) is 6.54 Å². The molecule has 142 valence electrons. The standard InChI is InChI=1S/C21H19FN4O2/c22-17-7-3-1-6-16(17)21-26-25-20(28-21)10-9-19(27)23-12-11-14-13-24-18-8-4-2-5-15(14)18/h1-8,13,24H,9-12H2,(H,23,27). The number of para-hydroxylation sites is 1. The molecule has 0 aliphatic carbocycles. The molecule has 7 heteroatoms. The maximum absolute atomic E-state index is 13.8. The van der Waals surface area contributed by atoms with Crippen molar-refractivity contribution < 1.29 is 13.6 Å². The maximum Gasteiger partial charge on any atom is 0.250 e. The van der Waals surface area contributed by atoms with Crippen molar-refractivity contribution in [3.05, 3.63) is 72.0 Å². The van der Waals surface area contributed by atoms with Crippen LogP contribution in [0.1, 0.15) is 17.9 Å². The van der Waals surface area contributed by atoms with Crippen LogP contribution in [-0.2, 0) is 17.6 Å². The van der Waals surface area contributed by atoms with Gasteiger partial charge in [-0.2, -0.15) is 0 Å². The third kappa shape index (κ3) is 3.93. The molecule has 4 aromatic rings. The van der Waals surface area contributed by atoms with Gasteiger partial charge in [0.25, 0.3) is 5.89 Å². The van der Waals surface area contributed by atoms with E-state index in [1.54, 1.807) is 18.2 Å². The highest BCUT2D eigenvalue weighted by Crippen LogP contribution is 2.21. The fourth-order valence-corrected chi connectivity index (χ4v) is 3.08. The SMILES string of the molecule is O=C(CCc1nnc(-c2ccccc2F)o1)NCCc1c[nH]c2ccccc12. The van der Waals surface area contributed by atoms with Crippen LogP contribution in [0, 0.1) is 5.82 Å². The van der Waals surface area contributed by atoms with Gasteiger partial charge in [-0.25, -0.2) is 4.39 Å². The largest absolute Gasteiger partial charge is 0.421 e. The van der Waals surface area contributed by atoms with E-state index in [1.807, 2.05) is 24.4 Å². The molecule has 28 heavy (non-hydrogen) atoms. The second kappa shape index (κ2) is 8.04. The van der Waals surface area contributed by atoms with E-state index in [-0.39, 0.29) is 23.8 Å². The minimum atomic E-state index is -0.423. The Morgan fingerprint density at radius 1 is 1.07 bits per heavy atom. The van der Waals surface area contributed by atoms with Gasteiger partial charge in [-0.15, -0.1) is 10.2 Å². The van der Waals surface area contributed by atoms with Gasteiger partial charge in [-0.3, -0.25) is 4.79 Å². The summed E-state index contributed by atoms with van der Waals surface area (Å²) >= 11 is 0. The molecule has 0 aliphatic rings. The van der Waals surface area contributed by atoms with Crippen molar-refractivity contribution in [2.24, 2.45) is 0 Å². The topological polar surface area (TPSA) is 83.8 Å². The molecule has 2 aromatic carbocycles. The van der Waals surface area contributed by atoms with Gasteiger partial charge < -0.3 is 14.7 Å². The number of rotatable bonds is 7. The van der Waals surface area contributed by atoms with E-state index in [2.05, 4.69) is 26.6 Å². The van der Waals surface area contributed by atoms with E-state index in [4.69, 9.17) is 4.42 Å². The number of nitrogens with zero attached hydrogens (tertiary/aromatic N) is 2. The van der Waals surface area contributed by atoms with Crippen LogP contribution in [-0.4, -0.2) is 27.6 Å². The summed E-state index contributed by atoms with van der Waals surface area (Å²) in [5, 5.41) is 11.8. The number of carbonyl (C=O) groups is 1. The lowest BCUT2D eigenvalue weighted by Crippen LogP contribution is -2.25. The van der Waals surface area contributed by atoms with Crippen LogP contribution >= 0.6 is 0 Å². The first-order valence-corrected chi connectivity index (χ1v) is 9.09. The van der Waals surface area contributed by atoms with Crippen molar-refractivity contribution in [1.82, 2.24) is 20.5 Å². The number of carbonyl (C=O) groups excluding carboxylic acids is 1. The van der Waals surface area contributed by atoms with Crippen LogP contribution in [0.5, 0.6) is 0 Å². The quantitative estimate of drug-likeness (QED) is 0.514. The van der Waals surface area contributed by atoms with Gasteiger partial charge in [0.05, 0.1) is 5.56 Å². The van der Waals surface area contributed by atoms with Crippen molar-refractivity contribution in [2.45, 2.75) is 19.3 Å². The zero-order valence-electron chi connectivity index (χ0n) is 15.1. The molecule has 1 amide bonds. The highest BCUT2D eigenvalue weighted by molar-refractivity contribution is 5.83. The van der Waals surface area contributed by atoms with E-state index in [0.29, 0.717) is 18.9 Å². The predicted octanol–water partition coefficient (Wildman–Crippen LogP) is 3.65. The van der Waals surface area contributed by atoms with Crippen LogP contribution in [0.2, 0.25) is 0 Å². The molecule has 2 N–H and O–H groups in total. The van der Waals surface area contributed by atoms with E-state index in [1.165, 1.54) is 17.0 Å². The average molecular weight is 378 g/mol. The summed E-state index contributed by atoms with van der Waals surface area (Å²) in [6.07, 6.45) is 3.25. The third-order valence-electron chi connectivity index (χ3n) is 4.53. The van der Waals surface area contributed by atoms with Crippen LogP contribution in [0.4, 0.5) is 4.39 Å². The van der Waals surface area contributed by atoms with Crippen molar-refractivity contribution in [1.29, 1.82) is 0 Å². The van der Waals surface area contributed by atoms with Gasteiger partial charge in [0.15, 0.2) is 0 Å². The van der Waals surface area contributed by atoms with Gasteiger partial charge in [0.1, 0.15) is 5.82 Å². The molecule has 0 atom stereocenters. The third-order valence-corrected chi connectivity index (χ3v) is 4.53. The van der Waals surface area contributed by atoms with E-state index >= 15 is 0 Å². The molecule has 6 nitrogen and oxygen atoms in total. The number of nitrogens with one attached hydrogen (secondary N) is 2. The molecule has 0 bridgehead atoms. The molecular formula is C21H19FN4O2. The molecule has 2 aromatic heterocycles. The number of fused-ring (bicyclic) bond motifs is 1. The lowest BCUT2D eigenvalue weighted by molar-refractivity contribution is -0.121. The normalized spacial score (nSPS) is 11.0. The van der Waals surface area contributed by atoms with Crippen molar-refractivity contribution in [3.8, 4) is 11.5 Å². The zero-order chi connectivity index (χ0) is 19.3. The van der Waals surface area contributed by atoms with Crippen LogP contribution in [0.3, 0.4) is 0 Å². The molecule has 0 spiro atoms. The second-order valence-electron chi connectivity index (χ2n) is 6.44. The number of aromatic nitrogens is 3. The van der Waals surface area contributed by atoms with Crippen LogP contribution < -0.4 is 5.32 Å². The van der Waals surface area contributed by atoms with E-state index < -0.39 is 5.82 Å². The number of hydrogen-bond acceptors (Lipinski definition) is 4. The number of aromatic amines is 1. The Hall–Kier alpha value is -3.48. The van der Waals surface area contributed by atoms with Crippen molar-refractivity contribution >= 4 is 16.8 Å². The van der Waals surface area contributed by atoms with Crippen LogP contribution in [0.25, 0.3) is 22.4 Å². The smallest absolute Gasteiger partial charge is 0.250 e. The Labute approximate surface area is 160 Å². The highest BCUT2D eigenvalue weighted by atomic mass is 19.1. The molecule has 0 aliphatic heterocycles. The average Bonchev–Trinajstić information content (AvgIpc) is 3.34. The second-order valence-corrected chi connectivity index (χ2v) is 6.44. The Morgan fingerprint density at radius 3 is 2.79 bits per heavy atom. The van der Waals surface area contributed by atoms with Gasteiger partial charge in [-0.1, -0.05) is 30.3 Å². The molecule has 2 heterocycles. The fourth-order valence-electron chi connectivity index (χ4n) is 3.08. The summed E-state index contributed by atoms with van der Waals surface area (Å²) < 4.78 is 19.2. The zero-order valence-corrected chi connectivity index (χ0v) is 15.1. The summed E-state index contributed by atoms with van der Waals surface area (Å²) in [5.41, 5.74) is 2.51. The Kier molecular flexibility index (Phi) is 5.14. The van der Waals surface area contributed by atoms with Gasteiger partial charge in [0.2, 0.25) is 11.8 Å². The predicted molar refractivity (Wildman–Crippen MR) is 103 cm³/mol. The summed E-state index contributed by atoms with van der Waals surface area (Å²) in [5.74, 6) is -0.0870.